The van der Waals surface area contributed by atoms with Crippen LogP contribution >= 0.6 is 11.8 Å². The predicted octanol–water partition coefficient (Wildman–Crippen LogP) is 2.06. The summed E-state index contributed by atoms with van der Waals surface area (Å²) in [7, 11) is 0. The van der Waals surface area contributed by atoms with Crippen LogP contribution in [0.15, 0.2) is 12.4 Å². The highest BCUT2D eigenvalue weighted by atomic mass is 32.2. The number of aromatic nitrogens is 2. The maximum absolute atomic E-state index is 4.77. The SMILES string of the molecule is CC1SCCN(c2cncc(CNC3CC3)n2)C1C. The fraction of sp³-hybridized carbons (Fsp3) is 0.714. The van der Waals surface area contributed by atoms with Crippen LogP contribution in [0.5, 0.6) is 0 Å². The largest absolute Gasteiger partial charge is 0.351 e. The van der Waals surface area contributed by atoms with Crippen molar-refractivity contribution in [2.75, 3.05) is 17.2 Å². The Hall–Kier alpha value is -0.810. The molecule has 0 aromatic carbocycles. The Kier molecular flexibility index (Phi) is 3.93. The quantitative estimate of drug-likeness (QED) is 0.913. The van der Waals surface area contributed by atoms with Crippen LogP contribution in [-0.2, 0) is 6.54 Å². The molecule has 1 aliphatic carbocycles. The molecule has 0 radical (unpaired) electrons. The standard InChI is InChI=1S/C14H22N4S/c1-10-11(2)19-6-5-18(10)14-9-15-7-13(17-14)8-16-12-3-4-12/h7,9-12,16H,3-6,8H2,1-2H3. The Morgan fingerprint density at radius 1 is 1.37 bits per heavy atom. The summed E-state index contributed by atoms with van der Waals surface area (Å²) in [5.74, 6) is 2.22. The zero-order chi connectivity index (χ0) is 13.2. The van der Waals surface area contributed by atoms with Crippen molar-refractivity contribution in [1.82, 2.24) is 15.3 Å². The van der Waals surface area contributed by atoms with Gasteiger partial charge in [-0.2, -0.15) is 11.8 Å². The molecule has 0 amide bonds. The van der Waals surface area contributed by atoms with E-state index < -0.39 is 0 Å². The minimum atomic E-state index is 0.527. The summed E-state index contributed by atoms with van der Waals surface area (Å²) in [6, 6.07) is 1.25. The van der Waals surface area contributed by atoms with E-state index >= 15 is 0 Å². The van der Waals surface area contributed by atoms with E-state index in [1.165, 1.54) is 18.6 Å². The van der Waals surface area contributed by atoms with Gasteiger partial charge < -0.3 is 10.2 Å². The van der Waals surface area contributed by atoms with Gasteiger partial charge in [-0.1, -0.05) is 6.92 Å². The average Bonchev–Trinajstić information content (AvgIpc) is 3.24. The van der Waals surface area contributed by atoms with Crippen LogP contribution in [0.25, 0.3) is 0 Å². The third-order valence-electron chi connectivity index (χ3n) is 4.00. The van der Waals surface area contributed by atoms with E-state index in [1.807, 2.05) is 24.2 Å². The molecule has 2 heterocycles. The molecule has 2 unspecified atom stereocenters. The van der Waals surface area contributed by atoms with Crippen molar-refractivity contribution in [2.45, 2.75) is 50.6 Å². The molecular weight excluding hydrogens is 256 g/mol. The highest BCUT2D eigenvalue weighted by Gasteiger charge is 2.26. The smallest absolute Gasteiger partial charge is 0.147 e. The molecule has 104 valence electrons. The van der Waals surface area contributed by atoms with Gasteiger partial charge in [0.25, 0.3) is 0 Å². The second-order valence-electron chi connectivity index (χ2n) is 5.53. The first-order valence-corrected chi connectivity index (χ1v) is 8.21. The molecule has 1 aromatic heterocycles. The van der Waals surface area contributed by atoms with Crippen LogP contribution in [0.3, 0.4) is 0 Å². The van der Waals surface area contributed by atoms with E-state index in [4.69, 9.17) is 4.98 Å². The second-order valence-corrected chi connectivity index (χ2v) is 7.02. The molecule has 1 saturated carbocycles. The van der Waals surface area contributed by atoms with Crippen LogP contribution < -0.4 is 10.2 Å². The molecule has 2 aliphatic rings. The van der Waals surface area contributed by atoms with Crippen molar-refractivity contribution in [3.63, 3.8) is 0 Å². The van der Waals surface area contributed by atoms with Gasteiger partial charge in [0.15, 0.2) is 0 Å². The Balaban J connectivity index is 1.70. The van der Waals surface area contributed by atoms with Gasteiger partial charge in [0.1, 0.15) is 5.82 Å². The lowest BCUT2D eigenvalue weighted by molar-refractivity contribution is 0.613. The normalized spacial score (nSPS) is 27.6. The van der Waals surface area contributed by atoms with Crippen molar-refractivity contribution in [2.24, 2.45) is 0 Å². The van der Waals surface area contributed by atoms with E-state index in [2.05, 4.69) is 29.0 Å². The molecule has 1 aromatic rings. The van der Waals surface area contributed by atoms with Gasteiger partial charge in [-0.3, -0.25) is 4.98 Å². The zero-order valence-electron chi connectivity index (χ0n) is 11.7. The summed E-state index contributed by atoms with van der Waals surface area (Å²) in [5.41, 5.74) is 1.06. The molecule has 0 spiro atoms. The van der Waals surface area contributed by atoms with E-state index in [0.29, 0.717) is 11.3 Å². The number of rotatable bonds is 4. The molecule has 3 rings (SSSR count). The minimum absolute atomic E-state index is 0.527. The molecule has 4 nitrogen and oxygen atoms in total. The summed E-state index contributed by atoms with van der Waals surface area (Å²) in [6.45, 7) is 6.50. The fourth-order valence-corrected chi connectivity index (χ4v) is 3.51. The summed E-state index contributed by atoms with van der Waals surface area (Å²) >= 11 is 2.05. The molecule has 5 heteroatoms. The molecule has 1 aliphatic heterocycles. The van der Waals surface area contributed by atoms with Crippen molar-refractivity contribution in [3.8, 4) is 0 Å². The van der Waals surface area contributed by atoms with Gasteiger partial charge in [-0.15, -0.1) is 0 Å². The summed E-state index contributed by atoms with van der Waals surface area (Å²) in [4.78, 5) is 11.5. The lowest BCUT2D eigenvalue weighted by Gasteiger charge is -2.38. The summed E-state index contributed by atoms with van der Waals surface area (Å²) in [6.07, 6.45) is 6.40. The van der Waals surface area contributed by atoms with Crippen molar-refractivity contribution >= 4 is 17.6 Å². The number of hydrogen-bond acceptors (Lipinski definition) is 5. The van der Waals surface area contributed by atoms with Gasteiger partial charge in [0, 0.05) is 42.4 Å². The van der Waals surface area contributed by atoms with E-state index in [-0.39, 0.29) is 0 Å². The Labute approximate surface area is 119 Å². The first-order chi connectivity index (χ1) is 9.24. The van der Waals surface area contributed by atoms with Gasteiger partial charge >= 0.3 is 0 Å². The van der Waals surface area contributed by atoms with Gasteiger partial charge in [0.2, 0.25) is 0 Å². The van der Waals surface area contributed by atoms with E-state index in [0.717, 1.165) is 30.6 Å². The molecule has 0 bridgehead atoms. The van der Waals surface area contributed by atoms with Crippen LogP contribution in [0.1, 0.15) is 32.4 Å². The maximum atomic E-state index is 4.77. The fourth-order valence-electron chi connectivity index (χ4n) is 2.41. The first kappa shape index (κ1) is 13.2. The van der Waals surface area contributed by atoms with Crippen molar-refractivity contribution < 1.29 is 0 Å². The predicted molar refractivity (Wildman–Crippen MR) is 80.6 cm³/mol. The van der Waals surface area contributed by atoms with E-state index in [1.54, 1.807) is 0 Å². The molecule has 19 heavy (non-hydrogen) atoms. The Morgan fingerprint density at radius 3 is 3.00 bits per heavy atom. The molecule has 2 atom stereocenters. The lowest BCUT2D eigenvalue weighted by atomic mass is 10.2. The third kappa shape index (κ3) is 3.20. The van der Waals surface area contributed by atoms with Gasteiger partial charge in [-0.05, 0) is 19.8 Å². The number of hydrogen-bond donors (Lipinski definition) is 1. The summed E-state index contributed by atoms with van der Waals surface area (Å²) < 4.78 is 0. The van der Waals surface area contributed by atoms with Crippen molar-refractivity contribution in [1.29, 1.82) is 0 Å². The molecule has 1 saturated heterocycles. The number of anilines is 1. The molecular formula is C14H22N4S. The highest BCUT2D eigenvalue weighted by Crippen LogP contribution is 2.27. The number of nitrogens with zero attached hydrogens (tertiary/aromatic N) is 3. The first-order valence-electron chi connectivity index (χ1n) is 7.16. The van der Waals surface area contributed by atoms with Crippen LogP contribution in [0.4, 0.5) is 5.82 Å². The summed E-state index contributed by atoms with van der Waals surface area (Å²) in [5, 5.41) is 4.15. The number of thioether (sulfide) groups is 1. The number of nitrogens with one attached hydrogen (secondary N) is 1. The average molecular weight is 278 g/mol. The Morgan fingerprint density at radius 2 is 2.21 bits per heavy atom. The van der Waals surface area contributed by atoms with Crippen LogP contribution in [0.2, 0.25) is 0 Å². The third-order valence-corrected chi connectivity index (χ3v) is 5.34. The monoisotopic (exact) mass is 278 g/mol. The minimum Gasteiger partial charge on any atom is -0.351 e. The zero-order valence-corrected chi connectivity index (χ0v) is 12.5. The topological polar surface area (TPSA) is 41.1 Å². The lowest BCUT2D eigenvalue weighted by Crippen LogP contribution is -2.45. The maximum Gasteiger partial charge on any atom is 0.147 e. The Bertz CT molecular complexity index is 435. The van der Waals surface area contributed by atoms with Gasteiger partial charge in [0.05, 0.1) is 11.9 Å². The van der Waals surface area contributed by atoms with Gasteiger partial charge in [-0.25, -0.2) is 4.98 Å². The van der Waals surface area contributed by atoms with Crippen molar-refractivity contribution in [3.05, 3.63) is 18.1 Å². The van der Waals surface area contributed by atoms with E-state index in [9.17, 15) is 0 Å². The molecule has 2 fully saturated rings. The second kappa shape index (κ2) is 5.67. The molecule has 1 N–H and O–H groups in total. The highest BCUT2D eigenvalue weighted by molar-refractivity contribution is 8.00. The van der Waals surface area contributed by atoms with Crippen LogP contribution in [-0.4, -0.2) is 39.6 Å². The van der Waals surface area contributed by atoms with Crippen LogP contribution in [0, 0.1) is 0 Å².